The van der Waals surface area contributed by atoms with Crippen LogP contribution in [0.4, 0.5) is 13.2 Å². The van der Waals surface area contributed by atoms with Gasteiger partial charge in [0.05, 0.1) is 0 Å². The molecule has 8 heteroatoms. The number of carboxylic acid groups (broad SMARTS) is 1. The number of hydrogen-bond donors (Lipinski definition) is 1. The second-order valence-corrected chi connectivity index (χ2v) is 3.63. The number of hydrogen-bond acceptors (Lipinski definition) is 4. The molecule has 1 heterocycles. The van der Waals surface area contributed by atoms with Crippen LogP contribution in [0.5, 0.6) is 5.75 Å². The van der Waals surface area contributed by atoms with Crippen LogP contribution in [0.3, 0.4) is 0 Å². The summed E-state index contributed by atoms with van der Waals surface area (Å²) in [4.78, 5) is 18.5. The van der Waals surface area contributed by atoms with Gasteiger partial charge in [0.1, 0.15) is 11.4 Å². The molecule has 0 bridgehead atoms. The Morgan fingerprint density at radius 1 is 1.10 bits per heavy atom. The van der Waals surface area contributed by atoms with E-state index in [-0.39, 0.29) is 11.4 Å². The molecule has 0 spiro atoms. The summed E-state index contributed by atoms with van der Waals surface area (Å²) < 4.78 is 39.8. The van der Waals surface area contributed by atoms with Crippen molar-refractivity contribution in [3.63, 3.8) is 0 Å². The van der Waals surface area contributed by atoms with Gasteiger partial charge in [-0.2, -0.15) is 0 Å². The Kier molecular flexibility index (Phi) is 3.55. The summed E-state index contributed by atoms with van der Waals surface area (Å²) in [5, 5.41) is 8.96. The second kappa shape index (κ2) is 5.16. The number of ether oxygens (including phenoxy) is 1. The van der Waals surface area contributed by atoms with Gasteiger partial charge < -0.3 is 9.84 Å². The van der Waals surface area contributed by atoms with E-state index in [1.54, 1.807) is 0 Å². The van der Waals surface area contributed by atoms with Crippen LogP contribution >= 0.6 is 0 Å². The van der Waals surface area contributed by atoms with E-state index in [1.807, 2.05) is 0 Å². The minimum absolute atomic E-state index is 0.0681. The fourth-order valence-corrected chi connectivity index (χ4v) is 1.52. The van der Waals surface area contributed by atoms with Crippen molar-refractivity contribution in [1.29, 1.82) is 0 Å². The third-order valence-electron chi connectivity index (χ3n) is 2.26. The van der Waals surface area contributed by atoms with Crippen LogP contribution in [-0.2, 0) is 0 Å². The van der Waals surface area contributed by atoms with Crippen LogP contribution in [0.2, 0.25) is 0 Å². The first kappa shape index (κ1) is 13.8. The summed E-state index contributed by atoms with van der Waals surface area (Å²) in [6.45, 7) is 0. The number of aromatic nitrogens is 2. The van der Waals surface area contributed by atoms with Crippen molar-refractivity contribution in [1.82, 2.24) is 9.97 Å². The van der Waals surface area contributed by atoms with Crippen LogP contribution < -0.4 is 4.74 Å². The van der Waals surface area contributed by atoms with Crippen molar-refractivity contribution >= 4 is 5.97 Å². The van der Waals surface area contributed by atoms with Crippen LogP contribution in [0.1, 0.15) is 10.5 Å². The molecular weight excluding hydrogens is 277 g/mol. The van der Waals surface area contributed by atoms with E-state index in [2.05, 4.69) is 14.7 Å². The lowest BCUT2D eigenvalue weighted by molar-refractivity contribution is -0.274. The van der Waals surface area contributed by atoms with Crippen LogP contribution in [0.25, 0.3) is 11.3 Å². The number of nitrogens with zero attached hydrogens (tertiary/aromatic N) is 2. The number of benzene rings is 1. The average molecular weight is 284 g/mol. The molecule has 0 aliphatic heterocycles. The lowest BCUT2D eigenvalue weighted by Crippen LogP contribution is -2.17. The number of halogens is 3. The standard InChI is InChI=1S/C12H7F3N2O3/c13-12(14,15)20-8-3-1-7(2-4-8)9-10(11(18)19)17-6-5-16-9/h1-6H,(H,18,19). The molecule has 0 aliphatic rings. The zero-order valence-electron chi connectivity index (χ0n) is 9.76. The highest BCUT2D eigenvalue weighted by Crippen LogP contribution is 2.26. The smallest absolute Gasteiger partial charge is 0.476 e. The Balaban J connectivity index is 2.33. The van der Waals surface area contributed by atoms with E-state index in [0.717, 1.165) is 12.1 Å². The molecule has 1 aromatic carbocycles. The minimum atomic E-state index is -4.78. The highest BCUT2D eigenvalue weighted by molar-refractivity contribution is 5.92. The second-order valence-electron chi connectivity index (χ2n) is 3.63. The van der Waals surface area contributed by atoms with E-state index in [1.165, 1.54) is 24.5 Å². The lowest BCUT2D eigenvalue weighted by atomic mass is 10.1. The predicted octanol–water partition coefficient (Wildman–Crippen LogP) is 2.74. The van der Waals surface area contributed by atoms with Crippen LogP contribution in [0.15, 0.2) is 36.7 Å². The summed E-state index contributed by atoms with van der Waals surface area (Å²) in [6, 6.07) is 4.70. The van der Waals surface area contributed by atoms with Gasteiger partial charge in [-0.05, 0) is 24.3 Å². The average Bonchev–Trinajstić information content (AvgIpc) is 2.38. The third kappa shape index (κ3) is 3.22. The molecule has 0 saturated carbocycles. The molecule has 2 aromatic rings. The van der Waals surface area contributed by atoms with E-state index in [9.17, 15) is 18.0 Å². The topological polar surface area (TPSA) is 72.3 Å². The van der Waals surface area contributed by atoms with Gasteiger partial charge in [0.2, 0.25) is 0 Å². The largest absolute Gasteiger partial charge is 0.573 e. The first-order valence-corrected chi connectivity index (χ1v) is 5.27. The maximum Gasteiger partial charge on any atom is 0.573 e. The predicted molar refractivity (Wildman–Crippen MR) is 61.1 cm³/mol. The summed E-state index contributed by atoms with van der Waals surface area (Å²) in [5.41, 5.74) is 0.112. The molecule has 0 atom stereocenters. The number of aromatic carboxylic acids is 1. The summed E-state index contributed by atoms with van der Waals surface area (Å²) >= 11 is 0. The van der Waals surface area contributed by atoms with Crippen molar-refractivity contribution < 1.29 is 27.8 Å². The number of alkyl halides is 3. The molecule has 1 N–H and O–H groups in total. The molecule has 1 aromatic heterocycles. The summed E-state index contributed by atoms with van der Waals surface area (Å²) in [7, 11) is 0. The Morgan fingerprint density at radius 2 is 1.70 bits per heavy atom. The van der Waals surface area contributed by atoms with E-state index < -0.39 is 18.1 Å². The Morgan fingerprint density at radius 3 is 2.25 bits per heavy atom. The van der Waals surface area contributed by atoms with Gasteiger partial charge in [0.25, 0.3) is 0 Å². The van der Waals surface area contributed by atoms with Gasteiger partial charge in [0, 0.05) is 18.0 Å². The van der Waals surface area contributed by atoms with E-state index in [4.69, 9.17) is 5.11 Å². The molecule has 0 unspecified atom stereocenters. The third-order valence-corrected chi connectivity index (χ3v) is 2.26. The van der Waals surface area contributed by atoms with Crippen molar-refractivity contribution in [2.75, 3.05) is 0 Å². The number of rotatable bonds is 3. The van der Waals surface area contributed by atoms with Crippen LogP contribution in [0, 0.1) is 0 Å². The molecule has 5 nitrogen and oxygen atoms in total. The molecule has 2 rings (SSSR count). The molecule has 0 amide bonds. The fourth-order valence-electron chi connectivity index (χ4n) is 1.52. The normalized spacial score (nSPS) is 11.2. The molecule has 0 fully saturated rings. The Labute approximate surface area is 110 Å². The zero-order chi connectivity index (χ0) is 14.8. The molecule has 20 heavy (non-hydrogen) atoms. The maximum atomic E-state index is 12.0. The Bertz CT molecular complexity index is 627. The zero-order valence-corrected chi connectivity index (χ0v) is 9.76. The quantitative estimate of drug-likeness (QED) is 0.938. The minimum Gasteiger partial charge on any atom is -0.476 e. The van der Waals surface area contributed by atoms with Crippen molar-refractivity contribution in [3.05, 3.63) is 42.4 Å². The van der Waals surface area contributed by atoms with Crippen molar-refractivity contribution in [3.8, 4) is 17.0 Å². The van der Waals surface area contributed by atoms with Gasteiger partial charge in [0.15, 0.2) is 5.69 Å². The fraction of sp³-hybridized carbons (Fsp3) is 0.0833. The highest BCUT2D eigenvalue weighted by Gasteiger charge is 2.31. The first-order chi connectivity index (χ1) is 9.37. The first-order valence-electron chi connectivity index (χ1n) is 5.27. The lowest BCUT2D eigenvalue weighted by Gasteiger charge is -2.09. The summed E-state index contributed by atoms with van der Waals surface area (Å²) in [6.07, 6.45) is -2.27. The van der Waals surface area contributed by atoms with Crippen LogP contribution in [-0.4, -0.2) is 27.4 Å². The summed E-state index contributed by atoms with van der Waals surface area (Å²) in [5.74, 6) is -1.68. The SMILES string of the molecule is O=C(O)c1nccnc1-c1ccc(OC(F)(F)F)cc1. The monoisotopic (exact) mass is 284 g/mol. The van der Waals surface area contributed by atoms with E-state index in [0.29, 0.717) is 5.56 Å². The molecule has 104 valence electrons. The molecule has 0 radical (unpaired) electrons. The van der Waals surface area contributed by atoms with Gasteiger partial charge in [-0.3, -0.25) is 4.98 Å². The molecular formula is C12H7F3N2O3. The molecule has 0 aliphatic carbocycles. The van der Waals surface area contributed by atoms with E-state index >= 15 is 0 Å². The number of carboxylic acids is 1. The van der Waals surface area contributed by atoms with Gasteiger partial charge in [-0.1, -0.05) is 0 Å². The van der Waals surface area contributed by atoms with Crippen molar-refractivity contribution in [2.24, 2.45) is 0 Å². The Hall–Kier alpha value is -2.64. The molecule has 0 saturated heterocycles. The van der Waals surface area contributed by atoms with Gasteiger partial charge in [-0.15, -0.1) is 13.2 Å². The van der Waals surface area contributed by atoms with Gasteiger partial charge >= 0.3 is 12.3 Å². The maximum absolute atomic E-state index is 12.0. The van der Waals surface area contributed by atoms with Gasteiger partial charge in [-0.25, -0.2) is 9.78 Å². The van der Waals surface area contributed by atoms with Crippen molar-refractivity contribution in [2.45, 2.75) is 6.36 Å². The number of carbonyl (C=O) groups is 1. The highest BCUT2D eigenvalue weighted by atomic mass is 19.4.